The average molecular weight is 480 g/mol. The molecule has 7 heteroatoms. The molecule has 3 aromatic rings. The molecule has 0 radical (unpaired) electrons. The molecule has 34 heavy (non-hydrogen) atoms. The van der Waals surface area contributed by atoms with Crippen LogP contribution in [0.2, 0.25) is 0 Å². The number of carbonyl (C=O) groups is 1. The van der Waals surface area contributed by atoms with Gasteiger partial charge in [-0.2, -0.15) is 0 Å². The van der Waals surface area contributed by atoms with Crippen molar-refractivity contribution in [3.05, 3.63) is 88.7 Å². The number of ether oxygens (including phenoxy) is 1. The number of fused-ring (bicyclic) bond motifs is 1. The zero-order valence-electron chi connectivity index (χ0n) is 19.0. The number of sulfone groups is 1. The van der Waals surface area contributed by atoms with Crippen LogP contribution in [0.15, 0.2) is 65.6 Å². The van der Waals surface area contributed by atoms with Crippen LogP contribution in [0.5, 0.6) is 0 Å². The molecule has 0 aliphatic carbocycles. The summed E-state index contributed by atoms with van der Waals surface area (Å²) in [5.41, 5.74) is 4.78. The monoisotopic (exact) mass is 479 g/mol. The Balaban J connectivity index is 1.48. The number of hydrogen-bond acceptors (Lipinski definition) is 4. The summed E-state index contributed by atoms with van der Waals surface area (Å²) in [5.74, 6) is -0.222. The Morgan fingerprint density at radius 3 is 2.47 bits per heavy atom. The van der Waals surface area contributed by atoms with E-state index in [1.807, 2.05) is 0 Å². The van der Waals surface area contributed by atoms with Crippen molar-refractivity contribution in [1.82, 2.24) is 4.90 Å². The van der Waals surface area contributed by atoms with Gasteiger partial charge in [-0.3, -0.25) is 4.79 Å². The second-order valence-electron chi connectivity index (χ2n) is 9.07. The van der Waals surface area contributed by atoms with Crippen molar-refractivity contribution in [3.63, 3.8) is 0 Å². The third-order valence-electron chi connectivity index (χ3n) is 6.72. The fraction of sp³-hybridized carbons (Fsp3) is 0.296. The first kappa shape index (κ1) is 22.7. The summed E-state index contributed by atoms with van der Waals surface area (Å²) >= 11 is 0. The van der Waals surface area contributed by atoms with E-state index >= 15 is 0 Å². The Hall–Kier alpha value is -3.03. The molecule has 0 bridgehead atoms. The molecule has 1 amide bonds. The van der Waals surface area contributed by atoms with Crippen molar-refractivity contribution in [2.45, 2.75) is 36.7 Å². The van der Waals surface area contributed by atoms with Gasteiger partial charge in [0.1, 0.15) is 5.82 Å². The van der Waals surface area contributed by atoms with Gasteiger partial charge in [0.05, 0.1) is 4.90 Å². The molecule has 1 fully saturated rings. The maximum absolute atomic E-state index is 13.9. The van der Waals surface area contributed by atoms with Crippen LogP contribution >= 0.6 is 0 Å². The molecular weight excluding hydrogens is 453 g/mol. The Morgan fingerprint density at radius 1 is 0.971 bits per heavy atom. The van der Waals surface area contributed by atoms with E-state index in [4.69, 9.17) is 4.74 Å². The Bertz CT molecular complexity index is 1360. The van der Waals surface area contributed by atoms with Gasteiger partial charge in [-0.05, 0) is 70.8 Å². The molecule has 0 atom stereocenters. The number of benzene rings is 3. The summed E-state index contributed by atoms with van der Waals surface area (Å²) in [6.07, 6.45) is 3.11. The second kappa shape index (κ2) is 8.96. The molecular formula is C27H26FNO4S. The third-order valence-corrected chi connectivity index (χ3v) is 7.83. The SMILES string of the molecule is CS(=O)(=O)c1ccc(-c2cccc(F)c2)c(C(=O)N2Cc3ccc(C4CCOCC4)cc3C2)c1. The van der Waals surface area contributed by atoms with Crippen LogP contribution in [-0.4, -0.2) is 38.7 Å². The first-order valence-electron chi connectivity index (χ1n) is 11.4. The predicted octanol–water partition coefficient (Wildman–Crippen LogP) is 4.95. The fourth-order valence-corrected chi connectivity index (χ4v) is 5.50. The van der Waals surface area contributed by atoms with E-state index in [9.17, 15) is 17.6 Å². The van der Waals surface area contributed by atoms with Gasteiger partial charge in [0.15, 0.2) is 9.84 Å². The number of amides is 1. The summed E-state index contributed by atoms with van der Waals surface area (Å²) in [5, 5.41) is 0. The minimum Gasteiger partial charge on any atom is -0.381 e. The van der Waals surface area contributed by atoms with E-state index < -0.39 is 15.7 Å². The molecule has 5 rings (SSSR count). The van der Waals surface area contributed by atoms with Crippen LogP contribution in [0.25, 0.3) is 11.1 Å². The molecule has 0 unspecified atom stereocenters. The van der Waals surface area contributed by atoms with Crippen LogP contribution in [0.4, 0.5) is 4.39 Å². The molecule has 3 aromatic carbocycles. The number of rotatable bonds is 4. The molecule has 2 aliphatic rings. The minimum absolute atomic E-state index is 0.0644. The molecule has 0 spiro atoms. The quantitative estimate of drug-likeness (QED) is 0.531. The van der Waals surface area contributed by atoms with Crippen LogP contribution < -0.4 is 0 Å². The van der Waals surface area contributed by atoms with Crippen molar-refractivity contribution >= 4 is 15.7 Å². The lowest BCUT2D eigenvalue weighted by Crippen LogP contribution is -2.26. The van der Waals surface area contributed by atoms with E-state index in [0.717, 1.165) is 43.4 Å². The lowest BCUT2D eigenvalue weighted by molar-refractivity contribution is 0.0752. The molecule has 2 heterocycles. The van der Waals surface area contributed by atoms with Gasteiger partial charge in [-0.15, -0.1) is 0 Å². The van der Waals surface area contributed by atoms with E-state index in [-0.39, 0.29) is 16.4 Å². The largest absolute Gasteiger partial charge is 0.381 e. The highest BCUT2D eigenvalue weighted by molar-refractivity contribution is 7.90. The summed E-state index contributed by atoms with van der Waals surface area (Å²) < 4.78 is 43.8. The summed E-state index contributed by atoms with van der Waals surface area (Å²) in [7, 11) is -3.52. The van der Waals surface area contributed by atoms with Crippen LogP contribution in [0.3, 0.4) is 0 Å². The highest BCUT2D eigenvalue weighted by atomic mass is 32.2. The molecule has 1 saturated heterocycles. The van der Waals surface area contributed by atoms with Gasteiger partial charge < -0.3 is 9.64 Å². The predicted molar refractivity (Wildman–Crippen MR) is 128 cm³/mol. The Morgan fingerprint density at radius 2 is 1.74 bits per heavy atom. The molecule has 0 aromatic heterocycles. The van der Waals surface area contributed by atoms with Crippen LogP contribution in [-0.2, 0) is 27.7 Å². The Kier molecular flexibility index (Phi) is 6.00. The lowest BCUT2D eigenvalue weighted by atomic mass is 9.90. The van der Waals surface area contributed by atoms with E-state index in [0.29, 0.717) is 30.1 Å². The molecule has 5 nitrogen and oxygen atoms in total. The maximum atomic E-state index is 13.9. The van der Waals surface area contributed by atoms with E-state index in [1.54, 1.807) is 23.1 Å². The van der Waals surface area contributed by atoms with Crippen LogP contribution in [0.1, 0.15) is 45.8 Å². The Labute approximate surface area is 199 Å². The number of hydrogen-bond donors (Lipinski definition) is 0. The average Bonchev–Trinajstić information content (AvgIpc) is 3.27. The van der Waals surface area contributed by atoms with Crippen molar-refractivity contribution in [1.29, 1.82) is 0 Å². The summed E-state index contributed by atoms with van der Waals surface area (Å²) in [6.45, 7) is 2.45. The van der Waals surface area contributed by atoms with Gasteiger partial charge in [0.2, 0.25) is 0 Å². The lowest BCUT2D eigenvalue weighted by Gasteiger charge is -2.22. The van der Waals surface area contributed by atoms with Crippen molar-refractivity contribution in [2.75, 3.05) is 19.5 Å². The highest BCUT2D eigenvalue weighted by Gasteiger charge is 2.28. The molecule has 0 saturated carbocycles. The number of halogens is 1. The highest BCUT2D eigenvalue weighted by Crippen LogP contribution is 2.34. The molecule has 0 N–H and O–H groups in total. The normalized spacial score (nSPS) is 16.5. The van der Waals surface area contributed by atoms with Gasteiger partial charge in [0, 0.05) is 38.1 Å². The van der Waals surface area contributed by atoms with Gasteiger partial charge >= 0.3 is 0 Å². The maximum Gasteiger partial charge on any atom is 0.255 e. The minimum atomic E-state index is -3.52. The second-order valence-corrected chi connectivity index (χ2v) is 11.1. The zero-order valence-corrected chi connectivity index (χ0v) is 19.8. The number of nitrogens with zero attached hydrogens (tertiary/aromatic N) is 1. The van der Waals surface area contributed by atoms with Crippen LogP contribution in [0, 0.1) is 5.82 Å². The molecule has 176 valence electrons. The van der Waals surface area contributed by atoms with Crippen molar-refractivity contribution < 1.29 is 22.3 Å². The number of carbonyl (C=O) groups excluding carboxylic acids is 1. The van der Waals surface area contributed by atoms with Gasteiger partial charge in [-0.25, -0.2) is 12.8 Å². The standard InChI is InChI=1S/C27H26FNO4S/c1-34(31,32)24-7-8-25(20-3-2-4-23(28)14-20)26(15-24)27(30)29-16-21-6-5-19(13-22(21)17-29)18-9-11-33-12-10-18/h2-8,13-15,18H,9-12,16-17H2,1H3. The van der Waals surface area contributed by atoms with Gasteiger partial charge in [0.25, 0.3) is 5.91 Å². The molecule has 2 aliphatic heterocycles. The zero-order chi connectivity index (χ0) is 23.9. The van der Waals surface area contributed by atoms with E-state index in [2.05, 4.69) is 18.2 Å². The van der Waals surface area contributed by atoms with Crippen molar-refractivity contribution in [2.24, 2.45) is 0 Å². The first-order valence-corrected chi connectivity index (χ1v) is 13.3. The summed E-state index contributed by atoms with van der Waals surface area (Å²) in [4.78, 5) is 15.5. The third kappa shape index (κ3) is 4.50. The van der Waals surface area contributed by atoms with E-state index in [1.165, 1.54) is 29.8 Å². The smallest absolute Gasteiger partial charge is 0.255 e. The fourth-order valence-electron chi connectivity index (χ4n) is 4.85. The first-order chi connectivity index (χ1) is 16.3. The van der Waals surface area contributed by atoms with Crippen molar-refractivity contribution in [3.8, 4) is 11.1 Å². The topological polar surface area (TPSA) is 63.7 Å². The summed E-state index contributed by atoms with van der Waals surface area (Å²) in [6, 6.07) is 16.9. The van der Waals surface area contributed by atoms with Gasteiger partial charge in [-0.1, -0.05) is 36.4 Å².